The van der Waals surface area contributed by atoms with Crippen molar-refractivity contribution in [2.45, 2.75) is 0 Å². The third-order valence-corrected chi connectivity index (χ3v) is 1.96. The van der Waals surface area contributed by atoms with Gasteiger partial charge in [0.05, 0.1) is 29.6 Å². The summed E-state index contributed by atoms with van der Waals surface area (Å²) in [6.45, 7) is 0.0685. The lowest BCUT2D eigenvalue weighted by Crippen LogP contribution is -2.31. The van der Waals surface area contributed by atoms with Gasteiger partial charge in [-0.2, -0.15) is 5.26 Å². The predicted octanol–water partition coefficient (Wildman–Crippen LogP) is 0.0620. The van der Waals surface area contributed by atoms with Crippen LogP contribution in [-0.2, 0) is 4.79 Å². The SMILES string of the molecule is CN(CC(N)=O)c1cc(C#N)ccc1N. The van der Waals surface area contributed by atoms with Gasteiger partial charge in [-0.3, -0.25) is 4.79 Å². The van der Waals surface area contributed by atoms with Gasteiger partial charge in [-0.15, -0.1) is 0 Å². The summed E-state index contributed by atoms with van der Waals surface area (Å²) in [5, 5.41) is 8.72. The summed E-state index contributed by atoms with van der Waals surface area (Å²) in [6.07, 6.45) is 0. The maximum Gasteiger partial charge on any atom is 0.236 e. The summed E-state index contributed by atoms with van der Waals surface area (Å²) in [7, 11) is 1.69. The Kier molecular flexibility index (Phi) is 3.13. The van der Waals surface area contributed by atoms with Gasteiger partial charge >= 0.3 is 0 Å². The number of carbonyl (C=O) groups excluding carboxylic acids is 1. The Bertz CT molecular complexity index is 422. The van der Waals surface area contributed by atoms with Crippen LogP contribution in [0, 0.1) is 11.3 Å². The maximum atomic E-state index is 10.7. The molecule has 0 radical (unpaired) electrons. The van der Waals surface area contributed by atoms with E-state index < -0.39 is 5.91 Å². The fourth-order valence-electron chi connectivity index (χ4n) is 1.26. The van der Waals surface area contributed by atoms with Crippen molar-refractivity contribution < 1.29 is 4.79 Å². The van der Waals surface area contributed by atoms with Crippen LogP contribution < -0.4 is 16.4 Å². The molecule has 0 saturated carbocycles. The molecule has 0 bridgehead atoms. The van der Waals surface area contributed by atoms with Gasteiger partial charge in [0.15, 0.2) is 0 Å². The summed E-state index contributed by atoms with van der Waals surface area (Å²) in [4.78, 5) is 12.3. The van der Waals surface area contributed by atoms with Crippen molar-refractivity contribution in [3.8, 4) is 6.07 Å². The van der Waals surface area contributed by atoms with Crippen LogP contribution in [0.4, 0.5) is 11.4 Å². The molecular formula is C10H12N4O. The Balaban J connectivity index is 3.02. The number of hydrogen-bond donors (Lipinski definition) is 2. The van der Waals surface area contributed by atoms with E-state index in [0.29, 0.717) is 16.9 Å². The van der Waals surface area contributed by atoms with Crippen LogP contribution in [0.5, 0.6) is 0 Å². The van der Waals surface area contributed by atoms with Crippen molar-refractivity contribution in [1.82, 2.24) is 0 Å². The lowest BCUT2D eigenvalue weighted by Gasteiger charge is -2.19. The number of hydrogen-bond acceptors (Lipinski definition) is 4. The second-order valence-electron chi connectivity index (χ2n) is 3.21. The van der Waals surface area contributed by atoms with Crippen LogP contribution in [0.1, 0.15) is 5.56 Å². The highest BCUT2D eigenvalue weighted by Gasteiger charge is 2.08. The van der Waals surface area contributed by atoms with Gasteiger partial charge in [-0.05, 0) is 18.2 Å². The molecule has 0 spiro atoms. The van der Waals surface area contributed by atoms with Crippen molar-refractivity contribution in [2.24, 2.45) is 5.73 Å². The largest absolute Gasteiger partial charge is 0.397 e. The van der Waals surface area contributed by atoms with E-state index in [9.17, 15) is 4.79 Å². The van der Waals surface area contributed by atoms with Gasteiger partial charge in [0.25, 0.3) is 0 Å². The molecule has 0 heterocycles. The zero-order valence-electron chi connectivity index (χ0n) is 8.40. The van der Waals surface area contributed by atoms with E-state index in [0.717, 1.165) is 0 Å². The molecular weight excluding hydrogens is 192 g/mol. The summed E-state index contributed by atoms with van der Waals surface area (Å²) < 4.78 is 0. The summed E-state index contributed by atoms with van der Waals surface area (Å²) in [6, 6.07) is 6.88. The Labute approximate surface area is 87.9 Å². The number of primary amides is 1. The first-order valence-corrected chi connectivity index (χ1v) is 4.33. The predicted molar refractivity (Wildman–Crippen MR) is 58.0 cm³/mol. The highest BCUT2D eigenvalue weighted by Crippen LogP contribution is 2.22. The topological polar surface area (TPSA) is 96.1 Å². The Morgan fingerprint density at radius 1 is 1.60 bits per heavy atom. The van der Waals surface area contributed by atoms with Gasteiger partial charge < -0.3 is 16.4 Å². The van der Waals surface area contributed by atoms with Gasteiger partial charge in [-0.1, -0.05) is 0 Å². The van der Waals surface area contributed by atoms with Crippen molar-refractivity contribution in [2.75, 3.05) is 24.2 Å². The summed E-state index contributed by atoms with van der Waals surface area (Å²) in [5.74, 6) is -0.445. The molecule has 0 fully saturated rings. The van der Waals surface area contributed by atoms with E-state index in [2.05, 4.69) is 0 Å². The number of benzene rings is 1. The van der Waals surface area contributed by atoms with Crippen LogP contribution >= 0.6 is 0 Å². The fraction of sp³-hybridized carbons (Fsp3) is 0.200. The van der Waals surface area contributed by atoms with Crippen LogP contribution in [0.25, 0.3) is 0 Å². The average Bonchev–Trinajstić information content (AvgIpc) is 2.17. The Morgan fingerprint density at radius 3 is 2.80 bits per heavy atom. The molecule has 5 nitrogen and oxygen atoms in total. The molecule has 1 rings (SSSR count). The average molecular weight is 204 g/mol. The zero-order chi connectivity index (χ0) is 11.4. The van der Waals surface area contributed by atoms with E-state index in [1.807, 2.05) is 6.07 Å². The summed E-state index contributed by atoms with van der Waals surface area (Å²) in [5.41, 5.74) is 12.4. The van der Waals surface area contributed by atoms with Gasteiger partial charge in [0.1, 0.15) is 0 Å². The Hall–Kier alpha value is -2.22. The van der Waals surface area contributed by atoms with Crippen LogP contribution in [-0.4, -0.2) is 19.5 Å². The van der Waals surface area contributed by atoms with Crippen molar-refractivity contribution in [1.29, 1.82) is 5.26 Å². The molecule has 5 heteroatoms. The molecule has 1 aromatic rings. The molecule has 0 aliphatic carbocycles. The van der Waals surface area contributed by atoms with Crippen molar-refractivity contribution in [3.63, 3.8) is 0 Å². The molecule has 0 aliphatic rings. The van der Waals surface area contributed by atoms with E-state index >= 15 is 0 Å². The van der Waals surface area contributed by atoms with Crippen molar-refractivity contribution >= 4 is 17.3 Å². The standard InChI is InChI=1S/C10H12N4O/c1-14(6-10(13)15)9-4-7(5-11)2-3-8(9)12/h2-4H,6,12H2,1H3,(H2,13,15). The normalized spacial score (nSPS) is 9.33. The molecule has 15 heavy (non-hydrogen) atoms. The molecule has 1 aromatic carbocycles. The quantitative estimate of drug-likeness (QED) is 0.680. The molecule has 0 aliphatic heterocycles. The molecule has 0 saturated heterocycles. The van der Waals surface area contributed by atoms with Crippen LogP contribution in [0.15, 0.2) is 18.2 Å². The van der Waals surface area contributed by atoms with Gasteiger partial charge in [0.2, 0.25) is 5.91 Å². The van der Waals surface area contributed by atoms with E-state index in [1.165, 1.54) is 0 Å². The summed E-state index contributed by atoms with van der Waals surface area (Å²) >= 11 is 0. The second kappa shape index (κ2) is 4.33. The first kappa shape index (κ1) is 10.9. The maximum absolute atomic E-state index is 10.7. The Morgan fingerprint density at radius 2 is 2.27 bits per heavy atom. The minimum Gasteiger partial charge on any atom is -0.397 e. The highest BCUT2D eigenvalue weighted by molar-refractivity contribution is 5.81. The number of carbonyl (C=O) groups is 1. The highest BCUT2D eigenvalue weighted by atomic mass is 16.1. The minimum absolute atomic E-state index is 0.0685. The first-order valence-electron chi connectivity index (χ1n) is 4.33. The third-order valence-electron chi connectivity index (χ3n) is 1.96. The van der Waals surface area contributed by atoms with Crippen LogP contribution in [0.2, 0.25) is 0 Å². The monoisotopic (exact) mass is 204 g/mol. The smallest absolute Gasteiger partial charge is 0.236 e. The van der Waals surface area contributed by atoms with Crippen LogP contribution in [0.3, 0.4) is 0 Å². The van der Waals surface area contributed by atoms with Crippen molar-refractivity contribution in [3.05, 3.63) is 23.8 Å². The van der Waals surface area contributed by atoms with E-state index in [4.69, 9.17) is 16.7 Å². The molecule has 78 valence electrons. The fourth-order valence-corrected chi connectivity index (χ4v) is 1.26. The number of nitrogens with zero attached hydrogens (tertiary/aromatic N) is 2. The first-order chi connectivity index (χ1) is 7.04. The number of rotatable bonds is 3. The number of likely N-dealkylation sites (N-methyl/N-ethyl adjacent to an activating group) is 1. The van der Waals surface area contributed by atoms with E-state index in [-0.39, 0.29) is 6.54 Å². The number of nitriles is 1. The lowest BCUT2D eigenvalue weighted by molar-refractivity contribution is -0.116. The number of nitrogens with two attached hydrogens (primary N) is 2. The van der Waals surface area contributed by atoms with E-state index in [1.54, 1.807) is 30.1 Å². The number of amides is 1. The third kappa shape index (κ3) is 2.61. The lowest BCUT2D eigenvalue weighted by atomic mass is 10.2. The molecule has 1 amide bonds. The molecule has 4 N–H and O–H groups in total. The minimum atomic E-state index is -0.445. The van der Waals surface area contributed by atoms with Gasteiger partial charge in [0, 0.05) is 7.05 Å². The number of anilines is 2. The van der Waals surface area contributed by atoms with Gasteiger partial charge in [-0.25, -0.2) is 0 Å². The molecule has 0 aromatic heterocycles. The second-order valence-corrected chi connectivity index (χ2v) is 3.21. The zero-order valence-corrected chi connectivity index (χ0v) is 8.40. The number of nitrogen functional groups attached to an aromatic ring is 1. The molecule has 0 atom stereocenters. The molecule has 0 unspecified atom stereocenters.